The molecule has 9 heteroatoms. The molecule has 4 aromatic rings. The summed E-state index contributed by atoms with van der Waals surface area (Å²) in [6.07, 6.45) is 13.3. The highest BCUT2D eigenvalue weighted by atomic mass is 15.4. The smallest absolute Gasteiger partial charge is 0.128 e. The molecule has 2 unspecified atom stereocenters. The van der Waals surface area contributed by atoms with Gasteiger partial charge in [0.05, 0.1) is 23.8 Å². The van der Waals surface area contributed by atoms with Crippen molar-refractivity contribution in [3.05, 3.63) is 84.2 Å². The van der Waals surface area contributed by atoms with Crippen LogP contribution in [0.25, 0.3) is 22.2 Å². The van der Waals surface area contributed by atoms with Crippen LogP contribution in [0.1, 0.15) is 23.1 Å². The van der Waals surface area contributed by atoms with Gasteiger partial charge in [-0.05, 0) is 36.8 Å². The van der Waals surface area contributed by atoms with Gasteiger partial charge in [-0.15, -0.1) is 0 Å². The first kappa shape index (κ1) is 24.4. The van der Waals surface area contributed by atoms with Crippen molar-refractivity contribution in [3.63, 3.8) is 0 Å². The van der Waals surface area contributed by atoms with Gasteiger partial charge in [0.15, 0.2) is 0 Å². The van der Waals surface area contributed by atoms with E-state index in [1.54, 1.807) is 36.4 Å². The summed E-state index contributed by atoms with van der Waals surface area (Å²) in [5.74, 6) is 7.48. The van der Waals surface area contributed by atoms with Crippen molar-refractivity contribution >= 4 is 23.1 Å². The number of hydrogen-bond acceptors (Lipinski definition) is 8. The quantitative estimate of drug-likeness (QED) is 0.323. The second-order valence-corrected chi connectivity index (χ2v) is 9.68. The number of aliphatic imine (C=N–C) groups is 1. The van der Waals surface area contributed by atoms with Crippen LogP contribution in [0.5, 0.6) is 0 Å². The van der Waals surface area contributed by atoms with E-state index in [4.69, 9.17) is 10.7 Å². The van der Waals surface area contributed by atoms with Gasteiger partial charge in [0.1, 0.15) is 11.9 Å². The number of piperidine rings is 1. The van der Waals surface area contributed by atoms with E-state index >= 15 is 0 Å². The maximum absolute atomic E-state index is 9.69. The fraction of sp³-hybridized carbons (Fsp3) is 0.233. The highest BCUT2D eigenvalue weighted by Crippen LogP contribution is 2.35. The predicted octanol–water partition coefficient (Wildman–Crippen LogP) is 2.98. The zero-order valence-electron chi connectivity index (χ0n) is 21.6. The standard InChI is InChI=1S/C30H27N9/c1-33-15-24(12-31)23-10-28(30-25(13-32)17-36-39(30)18-23)22-6-7-29(35-16-22)37-19-26-11-27(20-37)38(26)9-3-5-21-4-2-8-34-14-21/h2,4,6-8,10,12,14-18,26-27H,9,11,19-20,31H2,1H3. The number of pyridine rings is 3. The number of allylic oxidation sites excluding steroid dienone is 1. The van der Waals surface area contributed by atoms with Crippen LogP contribution in [0, 0.1) is 23.2 Å². The number of nitriles is 1. The fourth-order valence-electron chi connectivity index (χ4n) is 5.47. The van der Waals surface area contributed by atoms with Crippen LogP contribution < -0.4 is 10.6 Å². The lowest BCUT2D eigenvalue weighted by Gasteiger charge is -2.56. The molecular weight excluding hydrogens is 486 g/mol. The van der Waals surface area contributed by atoms with Crippen LogP contribution in [0.15, 0.2) is 72.5 Å². The Labute approximate surface area is 226 Å². The molecular formula is C30H27N9. The third-order valence-corrected chi connectivity index (χ3v) is 7.40. The Morgan fingerprint density at radius 2 is 2.08 bits per heavy atom. The predicted molar refractivity (Wildman–Crippen MR) is 152 cm³/mol. The number of anilines is 1. The van der Waals surface area contributed by atoms with Crippen molar-refractivity contribution < 1.29 is 0 Å². The second kappa shape index (κ2) is 10.4. The summed E-state index contributed by atoms with van der Waals surface area (Å²) in [5.41, 5.74) is 11.4. The van der Waals surface area contributed by atoms with E-state index in [1.807, 2.05) is 30.6 Å². The maximum atomic E-state index is 9.69. The average Bonchev–Trinajstić information content (AvgIpc) is 3.41. The third kappa shape index (κ3) is 4.61. The number of aromatic nitrogens is 4. The van der Waals surface area contributed by atoms with E-state index in [0.717, 1.165) is 58.8 Å². The van der Waals surface area contributed by atoms with Crippen LogP contribution >= 0.6 is 0 Å². The topological polar surface area (TPSA) is 112 Å². The minimum atomic E-state index is 0.483. The van der Waals surface area contributed by atoms with E-state index in [0.29, 0.717) is 17.6 Å². The SMILES string of the molecule is CN=CC(=CN)c1cc(-c2ccc(N3CC4CC(C3)N4CC#Cc3cccnc3)nc2)c2c(C#N)cnn2c1. The van der Waals surface area contributed by atoms with Crippen molar-refractivity contribution in [1.29, 1.82) is 5.26 Å². The monoisotopic (exact) mass is 513 g/mol. The van der Waals surface area contributed by atoms with Crippen LogP contribution in [-0.4, -0.2) is 69.5 Å². The number of rotatable bonds is 5. The Bertz CT molecular complexity index is 1660. The third-order valence-electron chi connectivity index (χ3n) is 7.40. The molecule has 7 heterocycles. The Balaban J connectivity index is 1.22. The zero-order valence-corrected chi connectivity index (χ0v) is 21.6. The molecule has 0 aromatic carbocycles. The van der Waals surface area contributed by atoms with Crippen molar-refractivity contribution in [1.82, 2.24) is 24.5 Å². The minimum absolute atomic E-state index is 0.483. The van der Waals surface area contributed by atoms with Crippen molar-refractivity contribution in [2.75, 3.05) is 31.6 Å². The molecule has 39 heavy (non-hydrogen) atoms. The van der Waals surface area contributed by atoms with Gasteiger partial charge in [0.25, 0.3) is 0 Å². The van der Waals surface area contributed by atoms with Crippen molar-refractivity contribution in [3.8, 4) is 29.0 Å². The molecule has 2 bridgehead atoms. The number of nitrogens with two attached hydrogens (primary N) is 1. The molecule has 3 saturated heterocycles. The summed E-state index contributed by atoms with van der Waals surface area (Å²) in [6.45, 7) is 2.63. The summed E-state index contributed by atoms with van der Waals surface area (Å²) in [7, 11) is 1.70. The Hall–Kier alpha value is -4.99. The molecule has 0 saturated carbocycles. The first-order chi connectivity index (χ1) is 19.2. The summed E-state index contributed by atoms with van der Waals surface area (Å²) in [4.78, 5) is 17.9. The van der Waals surface area contributed by atoms with Crippen molar-refractivity contribution in [2.45, 2.75) is 18.5 Å². The summed E-state index contributed by atoms with van der Waals surface area (Å²) < 4.78 is 1.72. The molecule has 0 spiro atoms. The van der Waals surface area contributed by atoms with Gasteiger partial charge in [-0.2, -0.15) is 10.4 Å². The molecule has 2 atom stereocenters. The summed E-state index contributed by atoms with van der Waals surface area (Å²) in [5, 5.41) is 14.1. The number of hydrogen-bond donors (Lipinski definition) is 1. The van der Waals surface area contributed by atoms with Gasteiger partial charge in [-0.1, -0.05) is 11.8 Å². The highest BCUT2D eigenvalue weighted by Gasteiger charge is 2.44. The average molecular weight is 514 g/mol. The number of fused-ring (bicyclic) bond motifs is 3. The fourth-order valence-corrected chi connectivity index (χ4v) is 5.47. The van der Waals surface area contributed by atoms with Gasteiger partial charge in [-0.25, -0.2) is 9.50 Å². The summed E-state index contributed by atoms with van der Waals surface area (Å²) >= 11 is 0. The zero-order chi connectivity index (χ0) is 26.8. The van der Waals surface area contributed by atoms with E-state index < -0.39 is 0 Å². The lowest BCUT2D eigenvalue weighted by molar-refractivity contribution is 0.0125. The molecule has 4 aromatic heterocycles. The maximum Gasteiger partial charge on any atom is 0.128 e. The molecule has 192 valence electrons. The van der Waals surface area contributed by atoms with E-state index in [1.165, 1.54) is 12.6 Å². The Morgan fingerprint density at radius 3 is 2.77 bits per heavy atom. The first-order valence-electron chi connectivity index (χ1n) is 12.8. The minimum Gasteiger partial charge on any atom is -0.404 e. The lowest BCUT2D eigenvalue weighted by atomic mass is 9.87. The van der Waals surface area contributed by atoms with Gasteiger partial charge < -0.3 is 10.6 Å². The van der Waals surface area contributed by atoms with Gasteiger partial charge >= 0.3 is 0 Å². The normalized spacial score (nSPS) is 19.0. The summed E-state index contributed by atoms with van der Waals surface area (Å²) in [6, 6.07) is 13.2. The van der Waals surface area contributed by atoms with E-state index in [2.05, 4.69) is 54.9 Å². The van der Waals surface area contributed by atoms with E-state index in [-0.39, 0.29) is 0 Å². The molecule has 0 aliphatic carbocycles. The van der Waals surface area contributed by atoms with Crippen molar-refractivity contribution in [2.24, 2.45) is 10.7 Å². The van der Waals surface area contributed by atoms with Crippen LogP contribution in [-0.2, 0) is 0 Å². The second-order valence-electron chi connectivity index (χ2n) is 9.68. The molecule has 3 aliphatic heterocycles. The highest BCUT2D eigenvalue weighted by molar-refractivity contribution is 6.10. The largest absolute Gasteiger partial charge is 0.404 e. The Morgan fingerprint density at radius 1 is 1.21 bits per heavy atom. The molecule has 7 rings (SSSR count). The Kier molecular flexibility index (Phi) is 6.50. The van der Waals surface area contributed by atoms with Crippen LogP contribution in [0.3, 0.4) is 0 Å². The lowest BCUT2D eigenvalue weighted by Crippen LogP contribution is -2.68. The molecule has 9 nitrogen and oxygen atoms in total. The van der Waals surface area contributed by atoms with Crippen LogP contribution in [0.2, 0.25) is 0 Å². The van der Waals surface area contributed by atoms with Gasteiger partial charge in [0, 0.05) is 97.2 Å². The molecule has 0 amide bonds. The number of piperazine rings is 1. The van der Waals surface area contributed by atoms with E-state index in [9.17, 15) is 5.26 Å². The van der Waals surface area contributed by atoms with Crippen LogP contribution in [0.4, 0.5) is 5.82 Å². The van der Waals surface area contributed by atoms with Gasteiger partial charge in [0.2, 0.25) is 0 Å². The number of nitrogens with zero attached hydrogens (tertiary/aromatic N) is 8. The molecule has 3 fully saturated rings. The molecule has 0 radical (unpaired) electrons. The first-order valence-corrected chi connectivity index (χ1v) is 12.8. The molecule has 2 N–H and O–H groups in total. The molecule has 3 aliphatic rings. The van der Waals surface area contributed by atoms with Gasteiger partial charge in [-0.3, -0.25) is 14.9 Å².